The summed E-state index contributed by atoms with van der Waals surface area (Å²) in [7, 11) is 1.55. The first kappa shape index (κ1) is 17.5. The third kappa shape index (κ3) is 4.56. The van der Waals surface area contributed by atoms with E-state index in [2.05, 4.69) is 5.10 Å². The van der Waals surface area contributed by atoms with E-state index in [-0.39, 0.29) is 0 Å². The highest BCUT2D eigenvalue weighted by molar-refractivity contribution is 5.36. The fourth-order valence-electron chi connectivity index (χ4n) is 2.41. The molecule has 126 valence electrons. The maximum atomic E-state index is 12.3. The number of alkyl halides is 3. The van der Waals surface area contributed by atoms with E-state index < -0.39 is 18.8 Å². The Bertz CT molecular complexity index is 650. The van der Waals surface area contributed by atoms with E-state index in [0.29, 0.717) is 6.54 Å². The molecule has 1 N–H and O–H groups in total. The van der Waals surface area contributed by atoms with Crippen LogP contribution >= 0.6 is 0 Å². The Kier molecular flexibility index (Phi) is 5.11. The highest BCUT2D eigenvalue weighted by atomic mass is 19.4. The smallest absolute Gasteiger partial charge is 0.382 e. The summed E-state index contributed by atoms with van der Waals surface area (Å²) in [6.45, 7) is 3.74. The Labute approximate surface area is 133 Å². The number of rotatable bonds is 5. The fraction of sp³-hybridized carbons (Fsp3) is 0.438. The second-order valence-corrected chi connectivity index (χ2v) is 5.76. The predicted molar refractivity (Wildman–Crippen MR) is 81.4 cm³/mol. The third-order valence-electron chi connectivity index (χ3n) is 3.51. The first-order chi connectivity index (χ1) is 10.7. The summed E-state index contributed by atoms with van der Waals surface area (Å²) in [5.74, 6) is 0. The van der Waals surface area contributed by atoms with Gasteiger partial charge in [-0.3, -0.25) is 4.90 Å². The van der Waals surface area contributed by atoms with Gasteiger partial charge in [0.2, 0.25) is 0 Å². The van der Waals surface area contributed by atoms with Crippen molar-refractivity contribution in [1.29, 1.82) is 0 Å². The molecule has 0 saturated carbocycles. The van der Waals surface area contributed by atoms with Crippen LogP contribution in [0.5, 0.6) is 0 Å². The van der Waals surface area contributed by atoms with Crippen molar-refractivity contribution in [3.8, 4) is 5.69 Å². The van der Waals surface area contributed by atoms with Crippen molar-refractivity contribution < 1.29 is 18.3 Å². The molecule has 0 fully saturated rings. The molecule has 7 heteroatoms. The summed E-state index contributed by atoms with van der Waals surface area (Å²) in [6, 6.07) is 9.43. The lowest BCUT2D eigenvalue weighted by molar-refractivity contribution is -0.207. The molecule has 23 heavy (non-hydrogen) atoms. The molecule has 0 amide bonds. The maximum absolute atomic E-state index is 12.3. The van der Waals surface area contributed by atoms with Gasteiger partial charge in [-0.1, -0.05) is 12.1 Å². The van der Waals surface area contributed by atoms with Crippen LogP contribution in [0, 0.1) is 13.8 Å². The van der Waals surface area contributed by atoms with Crippen molar-refractivity contribution >= 4 is 0 Å². The van der Waals surface area contributed by atoms with Crippen LogP contribution in [0.1, 0.15) is 17.0 Å². The van der Waals surface area contributed by atoms with Gasteiger partial charge in [0.05, 0.1) is 11.4 Å². The third-order valence-corrected chi connectivity index (χ3v) is 3.51. The van der Waals surface area contributed by atoms with Crippen molar-refractivity contribution in [1.82, 2.24) is 14.7 Å². The standard InChI is InChI=1S/C16H20F3N3O/c1-11-8-12(2)22(20-11)14-6-4-13(5-7-14)9-21(3)10-15(23)16(17,18)19/h4-8,15,23H,9-10H2,1-3H3. The Morgan fingerprint density at radius 2 is 1.83 bits per heavy atom. The molecule has 0 spiro atoms. The van der Waals surface area contributed by atoms with Crippen LogP contribution in [0.3, 0.4) is 0 Å². The zero-order valence-electron chi connectivity index (χ0n) is 13.3. The molecular formula is C16H20F3N3O. The van der Waals surface area contributed by atoms with Crippen LogP contribution in [0.2, 0.25) is 0 Å². The minimum Gasteiger partial charge on any atom is -0.382 e. The molecule has 0 aliphatic carbocycles. The summed E-state index contributed by atoms with van der Waals surface area (Å²) in [6.07, 6.45) is -6.92. The Morgan fingerprint density at radius 3 is 2.30 bits per heavy atom. The number of likely N-dealkylation sites (N-methyl/N-ethyl adjacent to an activating group) is 1. The molecule has 1 heterocycles. The van der Waals surface area contributed by atoms with Crippen LogP contribution < -0.4 is 0 Å². The topological polar surface area (TPSA) is 41.3 Å². The van der Waals surface area contributed by atoms with Gasteiger partial charge in [-0.25, -0.2) is 4.68 Å². The van der Waals surface area contributed by atoms with E-state index in [4.69, 9.17) is 5.11 Å². The van der Waals surface area contributed by atoms with E-state index in [1.807, 2.05) is 48.9 Å². The van der Waals surface area contributed by atoms with E-state index >= 15 is 0 Å². The number of halogens is 3. The normalized spacial score (nSPS) is 13.6. The van der Waals surface area contributed by atoms with Crippen molar-refractivity contribution in [2.45, 2.75) is 32.7 Å². The highest BCUT2D eigenvalue weighted by Crippen LogP contribution is 2.21. The van der Waals surface area contributed by atoms with E-state index in [0.717, 1.165) is 22.6 Å². The number of nitrogens with zero attached hydrogens (tertiary/aromatic N) is 3. The monoisotopic (exact) mass is 327 g/mol. The van der Waals surface area contributed by atoms with Gasteiger partial charge in [0.25, 0.3) is 0 Å². The molecule has 0 saturated heterocycles. The largest absolute Gasteiger partial charge is 0.415 e. The van der Waals surface area contributed by atoms with Crippen LogP contribution in [0.4, 0.5) is 13.2 Å². The Hall–Kier alpha value is -1.86. The second-order valence-electron chi connectivity index (χ2n) is 5.76. The summed E-state index contributed by atoms with van der Waals surface area (Å²) < 4.78 is 38.8. The summed E-state index contributed by atoms with van der Waals surface area (Å²) in [5.41, 5.74) is 3.71. The van der Waals surface area contributed by atoms with Gasteiger partial charge in [0.1, 0.15) is 0 Å². The lowest BCUT2D eigenvalue weighted by atomic mass is 10.2. The fourth-order valence-corrected chi connectivity index (χ4v) is 2.41. The van der Waals surface area contributed by atoms with E-state index in [1.54, 1.807) is 7.05 Å². The number of hydrogen-bond acceptors (Lipinski definition) is 3. The summed E-state index contributed by atoms with van der Waals surface area (Å²) >= 11 is 0. The van der Waals surface area contributed by atoms with Crippen LogP contribution in [-0.4, -0.2) is 45.7 Å². The molecule has 4 nitrogen and oxygen atoms in total. The van der Waals surface area contributed by atoms with Gasteiger partial charge in [0.15, 0.2) is 6.10 Å². The minimum absolute atomic E-state index is 0.324. The van der Waals surface area contributed by atoms with E-state index in [9.17, 15) is 13.2 Å². The molecule has 1 atom stereocenters. The molecular weight excluding hydrogens is 307 g/mol. The van der Waals surface area contributed by atoms with Gasteiger partial charge in [-0.15, -0.1) is 0 Å². The van der Waals surface area contributed by atoms with Crippen LogP contribution in [0.15, 0.2) is 30.3 Å². The zero-order chi connectivity index (χ0) is 17.2. The minimum atomic E-state index is -4.59. The van der Waals surface area contributed by atoms with Crippen LogP contribution in [-0.2, 0) is 6.54 Å². The van der Waals surface area contributed by atoms with Crippen molar-refractivity contribution in [3.05, 3.63) is 47.3 Å². The zero-order valence-corrected chi connectivity index (χ0v) is 13.3. The average Bonchev–Trinajstić information content (AvgIpc) is 2.77. The molecule has 0 aliphatic heterocycles. The SMILES string of the molecule is Cc1cc(C)n(-c2ccc(CN(C)CC(O)C(F)(F)F)cc2)n1. The predicted octanol–water partition coefficient (Wildman–Crippen LogP) is 2.84. The van der Waals surface area contributed by atoms with Gasteiger partial charge in [-0.2, -0.15) is 18.3 Å². The number of benzene rings is 1. The summed E-state index contributed by atoms with van der Waals surface area (Å²) in [4.78, 5) is 1.44. The van der Waals surface area contributed by atoms with E-state index in [1.165, 1.54) is 4.90 Å². The lowest BCUT2D eigenvalue weighted by Gasteiger charge is -2.22. The van der Waals surface area contributed by atoms with Gasteiger partial charge < -0.3 is 5.11 Å². The molecule has 1 aromatic carbocycles. The molecule has 0 bridgehead atoms. The van der Waals surface area contributed by atoms with Crippen molar-refractivity contribution in [3.63, 3.8) is 0 Å². The summed E-state index contributed by atoms with van der Waals surface area (Å²) in [5, 5.41) is 13.5. The quantitative estimate of drug-likeness (QED) is 0.918. The number of aryl methyl sites for hydroxylation is 2. The molecule has 2 rings (SSSR count). The second kappa shape index (κ2) is 6.72. The maximum Gasteiger partial charge on any atom is 0.415 e. The van der Waals surface area contributed by atoms with Crippen molar-refractivity contribution in [2.24, 2.45) is 0 Å². The average molecular weight is 327 g/mol. The first-order valence-corrected chi connectivity index (χ1v) is 7.22. The Morgan fingerprint density at radius 1 is 1.22 bits per heavy atom. The molecule has 0 radical (unpaired) electrons. The highest BCUT2D eigenvalue weighted by Gasteiger charge is 2.38. The Balaban J connectivity index is 2.01. The van der Waals surface area contributed by atoms with Gasteiger partial charge in [-0.05, 0) is 44.7 Å². The van der Waals surface area contributed by atoms with Crippen molar-refractivity contribution in [2.75, 3.05) is 13.6 Å². The number of hydrogen-bond donors (Lipinski definition) is 1. The first-order valence-electron chi connectivity index (χ1n) is 7.22. The number of aromatic nitrogens is 2. The van der Waals surface area contributed by atoms with Gasteiger partial charge in [0, 0.05) is 18.8 Å². The molecule has 1 aromatic heterocycles. The number of aliphatic hydroxyl groups excluding tert-OH is 1. The van der Waals surface area contributed by atoms with Crippen LogP contribution in [0.25, 0.3) is 5.69 Å². The molecule has 1 unspecified atom stereocenters. The molecule has 0 aliphatic rings. The molecule has 2 aromatic rings. The lowest BCUT2D eigenvalue weighted by Crippen LogP contribution is -2.39. The van der Waals surface area contributed by atoms with Gasteiger partial charge >= 0.3 is 6.18 Å². The number of aliphatic hydroxyl groups is 1.